The van der Waals surface area contributed by atoms with Crippen molar-refractivity contribution < 1.29 is 0 Å². The average Bonchev–Trinajstić information content (AvgIpc) is 3.16. The van der Waals surface area contributed by atoms with Crippen molar-refractivity contribution in [2.24, 2.45) is 4.99 Å². The average molecular weight is 530 g/mol. The van der Waals surface area contributed by atoms with Crippen LogP contribution in [0.15, 0.2) is 66.2 Å². The van der Waals surface area contributed by atoms with E-state index in [4.69, 9.17) is 23.2 Å². The first kappa shape index (κ1) is 22.5. The van der Waals surface area contributed by atoms with Gasteiger partial charge in [-0.1, -0.05) is 53.5 Å². The lowest BCUT2D eigenvalue weighted by Gasteiger charge is -2.13. The third kappa shape index (κ3) is 6.68. The van der Waals surface area contributed by atoms with E-state index in [1.807, 2.05) is 29.2 Å². The van der Waals surface area contributed by atoms with Gasteiger partial charge in [0.2, 0.25) is 0 Å². The minimum absolute atomic E-state index is 0. The van der Waals surface area contributed by atoms with Crippen LogP contribution in [0.5, 0.6) is 0 Å². The van der Waals surface area contributed by atoms with Crippen LogP contribution in [0.2, 0.25) is 10.0 Å². The molecule has 0 atom stereocenters. The Morgan fingerprint density at radius 3 is 2.57 bits per heavy atom. The summed E-state index contributed by atoms with van der Waals surface area (Å²) in [5.74, 6) is 0.709. The van der Waals surface area contributed by atoms with Crippen LogP contribution in [0.1, 0.15) is 16.7 Å². The van der Waals surface area contributed by atoms with E-state index in [1.54, 1.807) is 19.3 Å². The quantitative estimate of drug-likeness (QED) is 0.276. The maximum atomic E-state index is 6.21. The molecule has 2 N–H and O–H groups in total. The summed E-state index contributed by atoms with van der Waals surface area (Å²) >= 11 is 12.1. The molecule has 3 rings (SSSR count). The van der Waals surface area contributed by atoms with E-state index >= 15 is 0 Å². The van der Waals surface area contributed by atoms with E-state index < -0.39 is 0 Å². The molecule has 1 heterocycles. The number of rotatable bonds is 6. The Bertz CT molecular complexity index is 913. The summed E-state index contributed by atoms with van der Waals surface area (Å²) in [5, 5.41) is 7.85. The molecule has 0 aliphatic carbocycles. The molecule has 5 nitrogen and oxygen atoms in total. The Balaban J connectivity index is 0.00000280. The van der Waals surface area contributed by atoms with Gasteiger partial charge < -0.3 is 15.2 Å². The van der Waals surface area contributed by atoms with Gasteiger partial charge in [0.15, 0.2) is 5.96 Å². The van der Waals surface area contributed by atoms with Crippen molar-refractivity contribution in [3.63, 3.8) is 0 Å². The number of nitrogens with zero attached hydrogens (tertiary/aromatic N) is 3. The minimum atomic E-state index is 0. The van der Waals surface area contributed by atoms with Gasteiger partial charge in [-0.15, -0.1) is 24.0 Å². The van der Waals surface area contributed by atoms with Gasteiger partial charge in [-0.3, -0.25) is 4.99 Å². The molecule has 0 bridgehead atoms. The van der Waals surface area contributed by atoms with E-state index in [0.717, 1.165) is 12.1 Å². The van der Waals surface area contributed by atoms with Crippen LogP contribution < -0.4 is 10.6 Å². The van der Waals surface area contributed by atoms with E-state index in [2.05, 4.69) is 44.9 Å². The number of benzene rings is 2. The third-order valence-electron chi connectivity index (χ3n) is 4.06. The molecule has 0 aliphatic heterocycles. The molecule has 0 unspecified atom stereocenters. The van der Waals surface area contributed by atoms with Crippen LogP contribution >= 0.6 is 47.2 Å². The molecule has 0 fully saturated rings. The normalized spacial score (nSPS) is 11.0. The number of imidazole rings is 1. The number of guanidine groups is 1. The van der Waals surface area contributed by atoms with Crippen LogP contribution in [0.3, 0.4) is 0 Å². The SMILES string of the molecule is CN=C(NCc1cccc(Cn2ccnc2)c1)NCc1ccc(Cl)cc1Cl.I. The lowest BCUT2D eigenvalue weighted by Crippen LogP contribution is -2.36. The Hall–Kier alpha value is -1.77. The predicted octanol–water partition coefficient (Wildman–Crippen LogP) is 4.72. The van der Waals surface area contributed by atoms with E-state index in [9.17, 15) is 0 Å². The number of halogens is 3. The zero-order valence-electron chi connectivity index (χ0n) is 15.4. The highest BCUT2D eigenvalue weighted by Crippen LogP contribution is 2.20. The summed E-state index contributed by atoms with van der Waals surface area (Å²) < 4.78 is 2.04. The molecule has 0 saturated carbocycles. The summed E-state index contributed by atoms with van der Waals surface area (Å²) in [4.78, 5) is 8.34. The van der Waals surface area contributed by atoms with Crippen molar-refractivity contribution in [3.05, 3.63) is 87.9 Å². The van der Waals surface area contributed by atoms with Gasteiger partial charge in [0, 0.05) is 49.1 Å². The standard InChI is InChI=1S/C20H21Cl2N5.HI/c1-23-20(26-12-17-5-6-18(21)10-19(17)22)25-11-15-3-2-4-16(9-15)13-27-8-7-24-14-27;/h2-10,14H,11-13H2,1H3,(H2,23,25,26);1H. The van der Waals surface area contributed by atoms with Gasteiger partial charge in [-0.2, -0.15) is 0 Å². The maximum absolute atomic E-state index is 6.21. The monoisotopic (exact) mass is 529 g/mol. The molecule has 0 saturated heterocycles. The highest BCUT2D eigenvalue weighted by molar-refractivity contribution is 14.0. The van der Waals surface area contributed by atoms with Gasteiger partial charge in [0.05, 0.1) is 6.33 Å². The second kappa shape index (κ2) is 11.3. The Morgan fingerprint density at radius 2 is 1.86 bits per heavy atom. The lowest BCUT2D eigenvalue weighted by atomic mass is 10.1. The van der Waals surface area contributed by atoms with Crippen molar-refractivity contribution in [1.82, 2.24) is 20.2 Å². The van der Waals surface area contributed by atoms with Crippen LogP contribution in [0, 0.1) is 0 Å². The van der Waals surface area contributed by atoms with Crippen molar-refractivity contribution in [2.75, 3.05) is 7.05 Å². The van der Waals surface area contributed by atoms with Crippen LogP contribution in [0.25, 0.3) is 0 Å². The Labute approximate surface area is 192 Å². The zero-order valence-corrected chi connectivity index (χ0v) is 19.2. The van der Waals surface area contributed by atoms with E-state index in [0.29, 0.717) is 29.1 Å². The van der Waals surface area contributed by atoms with Crippen molar-refractivity contribution in [1.29, 1.82) is 0 Å². The van der Waals surface area contributed by atoms with Gasteiger partial charge in [-0.25, -0.2) is 4.98 Å². The minimum Gasteiger partial charge on any atom is -0.352 e. The fraction of sp³-hybridized carbons (Fsp3) is 0.200. The topological polar surface area (TPSA) is 54.2 Å². The van der Waals surface area contributed by atoms with Gasteiger partial charge in [0.25, 0.3) is 0 Å². The molecule has 148 valence electrons. The fourth-order valence-corrected chi connectivity index (χ4v) is 3.15. The fourth-order valence-electron chi connectivity index (χ4n) is 2.68. The Morgan fingerprint density at radius 1 is 1.07 bits per heavy atom. The van der Waals surface area contributed by atoms with E-state index in [1.165, 1.54) is 11.1 Å². The summed E-state index contributed by atoms with van der Waals surface area (Å²) in [6, 6.07) is 13.9. The maximum Gasteiger partial charge on any atom is 0.191 e. The molecular weight excluding hydrogens is 508 g/mol. The van der Waals surface area contributed by atoms with E-state index in [-0.39, 0.29) is 24.0 Å². The molecular formula is C20H22Cl2IN5. The second-order valence-electron chi connectivity index (χ2n) is 6.07. The molecule has 8 heteroatoms. The number of hydrogen-bond acceptors (Lipinski definition) is 2. The van der Waals surface area contributed by atoms with Crippen LogP contribution in [-0.4, -0.2) is 22.6 Å². The van der Waals surface area contributed by atoms with Crippen LogP contribution in [-0.2, 0) is 19.6 Å². The number of aromatic nitrogens is 2. The largest absolute Gasteiger partial charge is 0.352 e. The summed E-state index contributed by atoms with van der Waals surface area (Å²) in [5.41, 5.74) is 3.37. The number of hydrogen-bond donors (Lipinski definition) is 2. The highest BCUT2D eigenvalue weighted by atomic mass is 127. The molecule has 28 heavy (non-hydrogen) atoms. The van der Waals surface area contributed by atoms with Crippen molar-refractivity contribution in [2.45, 2.75) is 19.6 Å². The first-order valence-corrected chi connectivity index (χ1v) is 9.31. The summed E-state index contributed by atoms with van der Waals surface area (Å²) in [6.07, 6.45) is 5.56. The molecule has 0 radical (unpaired) electrons. The molecule has 3 aromatic rings. The number of aliphatic imine (C=N–C) groups is 1. The number of nitrogens with one attached hydrogen (secondary N) is 2. The first-order valence-electron chi connectivity index (χ1n) is 8.56. The van der Waals surface area contributed by atoms with Gasteiger partial charge >= 0.3 is 0 Å². The molecule has 2 aromatic carbocycles. The van der Waals surface area contributed by atoms with Gasteiger partial charge in [0.1, 0.15) is 0 Å². The highest BCUT2D eigenvalue weighted by Gasteiger charge is 2.04. The third-order valence-corrected chi connectivity index (χ3v) is 4.65. The predicted molar refractivity (Wildman–Crippen MR) is 127 cm³/mol. The van der Waals surface area contributed by atoms with Gasteiger partial charge in [-0.05, 0) is 28.8 Å². The van der Waals surface area contributed by atoms with Crippen LogP contribution in [0.4, 0.5) is 0 Å². The smallest absolute Gasteiger partial charge is 0.191 e. The molecule has 0 aliphatic rings. The van der Waals surface area contributed by atoms with Crippen molar-refractivity contribution in [3.8, 4) is 0 Å². The molecule has 0 spiro atoms. The molecule has 1 aromatic heterocycles. The Kier molecular flexibility index (Phi) is 9.08. The molecule has 0 amide bonds. The summed E-state index contributed by atoms with van der Waals surface area (Å²) in [6.45, 7) is 2.04. The summed E-state index contributed by atoms with van der Waals surface area (Å²) in [7, 11) is 1.74. The first-order chi connectivity index (χ1) is 13.1. The van der Waals surface area contributed by atoms with Crippen molar-refractivity contribution >= 4 is 53.1 Å². The lowest BCUT2D eigenvalue weighted by molar-refractivity contribution is 0.787. The zero-order chi connectivity index (χ0) is 19.1. The second-order valence-corrected chi connectivity index (χ2v) is 6.91.